The molecule has 0 amide bonds. The lowest BCUT2D eigenvalue weighted by Gasteiger charge is -2.25. The third-order valence-corrected chi connectivity index (χ3v) is 4.17. The topological polar surface area (TPSA) is 41.9 Å². The maximum absolute atomic E-state index is 14.0. The summed E-state index contributed by atoms with van der Waals surface area (Å²) >= 11 is 0. The first-order chi connectivity index (χ1) is 12.6. The highest BCUT2D eigenvalue weighted by Crippen LogP contribution is 2.17. The Morgan fingerprint density at radius 3 is 2.58 bits per heavy atom. The molecule has 26 heavy (non-hydrogen) atoms. The van der Waals surface area contributed by atoms with Gasteiger partial charge in [0.2, 0.25) is 0 Å². The fourth-order valence-corrected chi connectivity index (χ4v) is 2.79. The number of methoxy groups -OCH3 is 1. The first-order valence-electron chi connectivity index (χ1n) is 8.91. The number of hydrogen-bond donors (Lipinski definition) is 1. The number of benzene rings is 2. The minimum atomic E-state index is -0.663. The molecule has 0 saturated heterocycles. The molecule has 0 radical (unpaired) electrons. The zero-order valence-electron chi connectivity index (χ0n) is 15.5. The lowest BCUT2D eigenvalue weighted by Crippen LogP contribution is -2.36. The second-order valence-corrected chi connectivity index (χ2v) is 6.40. The Bertz CT molecular complexity index is 665. The van der Waals surface area contributed by atoms with Gasteiger partial charge in [0.05, 0.1) is 0 Å². The van der Waals surface area contributed by atoms with Crippen LogP contribution in [0.5, 0.6) is 5.75 Å². The number of rotatable bonds is 11. The largest absolute Gasteiger partial charge is 0.491 e. The third kappa shape index (κ3) is 6.75. The number of ether oxygens (including phenoxy) is 2. The van der Waals surface area contributed by atoms with Crippen molar-refractivity contribution in [2.24, 2.45) is 0 Å². The van der Waals surface area contributed by atoms with Gasteiger partial charge in [0.25, 0.3) is 0 Å². The van der Waals surface area contributed by atoms with Gasteiger partial charge in [-0.1, -0.05) is 36.4 Å². The minimum Gasteiger partial charge on any atom is -0.491 e. The fourth-order valence-electron chi connectivity index (χ4n) is 2.79. The molecule has 0 fully saturated rings. The molecule has 2 rings (SSSR count). The second kappa shape index (κ2) is 10.9. The first-order valence-corrected chi connectivity index (χ1v) is 8.91. The molecule has 0 heterocycles. The second-order valence-electron chi connectivity index (χ2n) is 6.40. The van der Waals surface area contributed by atoms with Crippen LogP contribution in [0.4, 0.5) is 4.39 Å². The van der Waals surface area contributed by atoms with E-state index in [1.54, 1.807) is 19.2 Å². The average molecular weight is 361 g/mol. The van der Waals surface area contributed by atoms with Gasteiger partial charge in [0, 0.05) is 38.9 Å². The molecule has 0 aliphatic rings. The van der Waals surface area contributed by atoms with Crippen LogP contribution < -0.4 is 4.74 Å². The monoisotopic (exact) mass is 361 g/mol. The van der Waals surface area contributed by atoms with Crippen LogP contribution in [0.2, 0.25) is 0 Å². The van der Waals surface area contributed by atoms with Gasteiger partial charge >= 0.3 is 0 Å². The van der Waals surface area contributed by atoms with Gasteiger partial charge in [0.15, 0.2) is 0 Å². The first kappa shape index (κ1) is 20.4. The molecular formula is C21H28FNO3. The molecule has 1 unspecified atom stereocenters. The maximum Gasteiger partial charge on any atom is 0.127 e. The summed E-state index contributed by atoms with van der Waals surface area (Å²) in [6, 6.07) is 14.4. The number of aliphatic hydroxyl groups is 1. The van der Waals surface area contributed by atoms with Crippen LogP contribution >= 0.6 is 0 Å². The molecule has 0 aliphatic carbocycles. The van der Waals surface area contributed by atoms with Gasteiger partial charge in [-0.05, 0) is 31.0 Å². The van der Waals surface area contributed by atoms with E-state index in [1.807, 2.05) is 42.2 Å². The van der Waals surface area contributed by atoms with E-state index in [1.165, 1.54) is 6.07 Å². The lowest BCUT2D eigenvalue weighted by atomic mass is 10.2. The predicted molar refractivity (Wildman–Crippen MR) is 101 cm³/mol. The Hall–Kier alpha value is -1.95. The average Bonchev–Trinajstić information content (AvgIpc) is 2.63. The zero-order chi connectivity index (χ0) is 18.8. The molecule has 142 valence electrons. The SMILES string of the molecule is COCCCN(Cc1ccccc1F)CC(O)COc1ccccc1C. The number of aryl methyl sites for hydroxylation is 1. The highest BCUT2D eigenvalue weighted by atomic mass is 19.1. The van der Waals surface area contributed by atoms with E-state index in [0.717, 1.165) is 17.7 Å². The quantitative estimate of drug-likeness (QED) is 0.623. The molecule has 5 heteroatoms. The van der Waals surface area contributed by atoms with Crippen molar-refractivity contribution in [1.29, 1.82) is 0 Å². The van der Waals surface area contributed by atoms with Gasteiger partial charge in [0.1, 0.15) is 24.3 Å². The number of para-hydroxylation sites is 1. The summed E-state index contributed by atoms with van der Waals surface area (Å²) in [6.45, 7) is 4.36. The Labute approximate surface area is 155 Å². The van der Waals surface area contributed by atoms with E-state index in [0.29, 0.717) is 31.8 Å². The normalized spacial score (nSPS) is 12.3. The van der Waals surface area contributed by atoms with Crippen LogP contribution in [0.15, 0.2) is 48.5 Å². The molecule has 1 atom stereocenters. The smallest absolute Gasteiger partial charge is 0.127 e. The molecule has 2 aromatic rings. The van der Waals surface area contributed by atoms with E-state index in [9.17, 15) is 9.50 Å². The molecule has 4 nitrogen and oxygen atoms in total. The van der Waals surface area contributed by atoms with Crippen molar-refractivity contribution in [3.63, 3.8) is 0 Å². The minimum absolute atomic E-state index is 0.197. The number of halogens is 1. The van der Waals surface area contributed by atoms with Gasteiger partial charge in [-0.2, -0.15) is 0 Å². The van der Waals surface area contributed by atoms with Crippen molar-refractivity contribution < 1.29 is 19.0 Å². The lowest BCUT2D eigenvalue weighted by molar-refractivity contribution is 0.0612. The summed E-state index contributed by atoms with van der Waals surface area (Å²) in [4.78, 5) is 2.03. The van der Waals surface area contributed by atoms with Crippen LogP contribution in [-0.2, 0) is 11.3 Å². The molecule has 0 saturated carbocycles. The molecule has 1 N–H and O–H groups in total. The molecule has 0 aliphatic heterocycles. The summed E-state index contributed by atoms with van der Waals surface area (Å²) in [7, 11) is 1.66. The van der Waals surface area contributed by atoms with Crippen LogP contribution in [0.1, 0.15) is 17.5 Å². The summed E-state index contributed by atoms with van der Waals surface area (Å²) in [5, 5.41) is 10.4. The van der Waals surface area contributed by atoms with Crippen molar-refractivity contribution in [3.8, 4) is 5.75 Å². The maximum atomic E-state index is 14.0. The Morgan fingerprint density at radius 1 is 1.12 bits per heavy atom. The zero-order valence-corrected chi connectivity index (χ0v) is 15.5. The van der Waals surface area contributed by atoms with E-state index >= 15 is 0 Å². The molecule has 0 spiro atoms. The Balaban J connectivity index is 1.91. The third-order valence-electron chi connectivity index (χ3n) is 4.17. The van der Waals surface area contributed by atoms with Crippen LogP contribution in [-0.4, -0.2) is 49.5 Å². The van der Waals surface area contributed by atoms with Gasteiger partial charge < -0.3 is 14.6 Å². The van der Waals surface area contributed by atoms with E-state index in [2.05, 4.69) is 0 Å². The van der Waals surface area contributed by atoms with Crippen molar-refractivity contribution in [2.45, 2.75) is 26.0 Å². The van der Waals surface area contributed by atoms with Crippen molar-refractivity contribution in [1.82, 2.24) is 4.90 Å². The summed E-state index contributed by atoms with van der Waals surface area (Å²) < 4.78 is 24.8. The number of nitrogens with zero attached hydrogens (tertiary/aromatic N) is 1. The number of aliphatic hydroxyl groups excluding tert-OH is 1. The van der Waals surface area contributed by atoms with E-state index in [-0.39, 0.29) is 12.4 Å². The molecule has 0 aromatic heterocycles. The molecular weight excluding hydrogens is 333 g/mol. The van der Waals surface area contributed by atoms with Crippen molar-refractivity contribution in [3.05, 3.63) is 65.5 Å². The number of hydrogen-bond acceptors (Lipinski definition) is 4. The fraction of sp³-hybridized carbons (Fsp3) is 0.429. The Kier molecular flexibility index (Phi) is 8.54. The summed E-state index contributed by atoms with van der Waals surface area (Å²) in [5.41, 5.74) is 1.65. The van der Waals surface area contributed by atoms with Gasteiger partial charge in [-0.15, -0.1) is 0 Å². The van der Waals surface area contributed by atoms with E-state index < -0.39 is 6.10 Å². The Morgan fingerprint density at radius 2 is 1.85 bits per heavy atom. The molecule has 2 aromatic carbocycles. The van der Waals surface area contributed by atoms with Gasteiger partial charge in [-0.25, -0.2) is 4.39 Å². The van der Waals surface area contributed by atoms with E-state index in [4.69, 9.17) is 9.47 Å². The predicted octanol–water partition coefficient (Wildman–Crippen LogP) is 3.41. The highest BCUT2D eigenvalue weighted by Gasteiger charge is 2.15. The van der Waals surface area contributed by atoms with Crippen LogP contribution in [0.25, 0.3) is 0 Å². The molecule has 0 bridgehead atoms. The summed E-state index contributed by atoms with van der Waals surface area (Å²) in [6.07, 6.45) is 0.153. The van der Waals surface area contributed by atoms with Crippen LogP contribution in [0.3, 0.4) is 0 Å². The van der Waals surface area contributed by atoms with Crippen molar-refractivity contribution >= 4 is 0 Å². The summed E-state index contributed by atoms with van der Waals surface area (Å²) in [5.74, 6) is 0.543. The van der Waals surface area contributed by atoms with Crippen LogP contribution in [0, 0.1) is 12.7 Å². The highest BCUT2D eigenvalue weighted by molar-refractivity contribution is 5.31. The van der Waals surface area contributed by atoms with Gasteiger partial charge in [-0.3, -0.25) is 4.90 Å². The standard InChI is InChI=1S/C21H28FNO3/c1-17-8-3-6-11-21(17)26-16-19(24)15-23(12-7-13-25-2)14-18-9-4-5-10-20(18)22/h3-6,8-11,19,24H,7,12-16H2,1-2H3. The van der Waals surface area contributed by atoms with Crippen molar-refractivity contribution in [2.75, 3.05) is 33.4 Å².